The van der Waals surface area contributed by atoms with Crippen LogP contribution in [-0.2, 0) is 16.0 Å². The molecule has 3 aromatic rings. The van der Waals surface area contributed by atoms with Gasteiger partial charge in [0.2, 0.25) is 11.8 Å². The van der Waals surface area contributed by atoms with Gasteiger partial charge >= 0.3 is 0 Å². The van der Waals surface area contributed by atoms with Crippen LogP contribution in [0.4, 0.5) is 18.9 Å². The monoisotopic (exact) mass is 417 g/mol. The highest BCUT2D eigenvalue weighted by molar-refractivity contribution is 6.00. The van der Waals surface area contributed by atoms with E-state index in [0.717, 1.165) is 28.5 Å². The number of aromatic nitrogens is 3. The molecule has 0 spiro atoms. The number of carbonyl (C=O) groups excluding carboxylic acids is 2. The molecule has 2 amide bonds. The van der Waals surface area contributed by atoms with Crippen LogP contribution in [0.2, 0.25) is 0 Å². The predicted molar refractivity (Wildman–Crippen MR) is 101 cm³/mol. The number of nitrogens with zero attached hydrogens (tertiary/aromatic N) is 4. The number of aryl methyl sites for hydroxylation is 1. The summed E-state index contributed by atoms with van der Waals surface area (Å²) < 4.78 is 41.9. The molecule has 1 aromatic carbocycles. The molecule has 0 radical (unpaired) electrons. The minimum atomic E-state index is -1.60. The topological polar surface area (TPSA) is 79.6 Å². The van der Waals surface area contributed by atoms with Crippen LogP contribution in [0.1, 0.15) is 18.7 Å². The van der Waals surface area contributed by atoms with Crippen LogP contribution >= 0.6 is 0 Å². The summed E-state index contributed by atoms with van der Waals surface area (Å²) in [4.78, 5) is 25.7. The van der Waals surface area contributed by atoms with E-state index >= 15 is 0 Å². The normalized spacial score (nSPS) is 16.4. The number of nitrogens with one attached hydrogen (secondary N) is 1. The lowest BCUT2D eigenvalue weighted by Crippen LogP contribution is -2.33. The van der Waals surface area contributed by atoms with Crippen molar-refractivity contribution < 1.29 is 22.8 Å². The molecule has 0 bridgehead atoms. The Balaban J connectivity index is 1.31. The summed E-state index contributed by atoms with van der Waals surface area (Å²) >= 11 is 0. The van der Waals surface area contributed by atoms with E-state index in [1.54, 1.807) is 0 Å². The molecule has 2 aromatic heterocycles. The molecule has 1 saturated heterocycles. The fraction of sp³-hybridized carbons (Fsp3) is 0.300. The van der Waals surface area contributed by atoms with Crippen molar-refractivity contribution in [2.75, 3.05) is 18.0 Å². The summed E-state index contributed by atoms with van der Waals surface area (Å²) in [5, 5.41) is 11.0. The van der Waals surface area contributed by atoms with E-state index in [1.165, 1.54) is 0 Å². The SMILES string of the molecule is O=C(NCCCc1nnc2ccccn12)[C@H]1CC(=O)N(c2cc(F)c(F)c(F)c2)C1. The maximum atomic E-state index is 13.5. The molecule has 0 unspecified atom stereocenters. The average molecular weight is 417 g/mol. The number of carbonyl (C=O) groups is 2. The second-order valence-corrected chi connectivity index (χ2v) is 7.07. The molecule has 0 saturated carbocycles. The van der Waals surface area contributed by atoms with E-state index in [1.807, 2.05) is 28.8 Å². The van der Waals surface area contributed by atoms with Crippen LogP contribution < -0.4 is 10.2 Å². The van der Waals surface area contributed by atoms with Gasteiger partial charge in [0.25, 0.3) is 0 Å². The van der Waals surface area contributed by atoms with Gasteiger partial charge < -0.3 is 10.2 Å². The predicted octanol–water partition coefficient (Wildman–Crippen LogP) is 2.25. The van der Waals surface area contributed by atoms with Crippen molar-refractivity contribution in [2.24, 2.45) is 5.92 Å². The van der Waals surface area contributed by atoms with Gasteiger partial charge in [-0.15, -0.1) is 10.2 Å². The number of fused-ring (bicyclic) bond motifs is 1. The molecule has 156 valence electrons. The molecular formula is C20H18F3N5O2. The quantitative estimate of drug-likeness (QED) is 0.493. The second-order valence-electron chi connectivity index (χ2n) is 7.07. The van der Waals surface area contributed by atoms with Crippen LogP contribution in [-0.4, -0.2) is 39.5 Å². The van der Waals surface area contributed by atoms with Crippen molar-refractivity contribution in [3.8, 4) is 0 Å². The van der Waals surface area contributed by atoms with E-state index in [2.05, 4.69) is 15.5 Å². The number of hydrogen-bond acceptors (Lipinski definition) is 4. The van der Waals surface area contributed by atoms with Gasteiger partial charge in [-0.05, 0) is 18.6 Å². The smallest absolute Gasteiger partial charge is 0.227 e. The molecule has 4 rings (SSSR count). The van der Waals surface area contributed by atoms with E-state index in [-0.39, 0.29) is 24.6 Å². The van der Waals surface area contributed by atoms with Crippen molar-refractivity contribution in [2.45, 2.75) is 19.3 Å². The lowest BCUT2D eigenvalue weighted by molar-refractivity contribution is -0.126. The zero-order valence-electron chi connectivity index (χ0n) is 15.8. The highest BCUT2D eigenvalue weighted by Crippen LogP contribution is 2.28. The minimum Gasteiger partial charge on any atom is -0.356 e. The molecule has 1 atom stereocenters. The van der Waals surface area contributed by atoms with Crippen LogP contribution in [0.5, 0.6) is 0 Å². The van der Waals surface area contributed by atoms with Gasteiger partial charge in [0.15, 0.2) is 23.1 Å². The Kier molecular flexibility index (Phi) is 5.39. The average Bonchev–Trinajstić information content (AvgIpc) is 3.32. The molecular weight excluding hydrogens is 399 g/mol. The Morgan fingerprint density at radius 2 is 1.93 bits per heavy atom. The summed E-state index contributed by atoms with van der Waals surface area (Å²) in [7, 11) is 0. The minimum absolute atomic E-state index is 0.0238. The highest BCUT2D eigenvalue weighted by atomic mass is 19.2. The first kappa shape index (κ1) is 19.9. The van der Waals surface area contributed by atoms with E-state index in [0.29, 0.717) is 19.4 Å². The molecule has 30 heavy (non-hydrogen) atoms. The maximum absolute atomic E-state index is 13.5. The lowest BCUT2D eigenvalue weighted by atomic mass is 10.1. The fourth-order valence-corrected chi connectivity index (χ4v) is 3.49. The van der Waals surface area contributed by atoms with Crippen LogP contribution in [0.25, 0.3) is 5.65 Å². The van der Waals surface area contributed by atoms with Gasteiger partial charge in [0, 0.05) is 49.9 Å². The van der Waals surface area contributed by atoms with Gasteiger partial charge in [0.05, 0.1) is 5.92 Å². The Morgan fingerprint density at radius 3 is 2.70 bits per heavy atom. The number of halogens is 3. The number of anilines is 1. The molecule has 7 nitrogen and oxygen atoms in total. The summed E-state index contributed by atoms with van der Waals surface area (Å²) in [6.45, 7) is 0.356. The Bertz CT molecular complexity index is 1090. The number of hydrogen-bond donors (Lipinski definition) is 1. The molecule has 0 aliphatic carbocycles. The first-order valence-electron chi connectivity index (χ1n) is 9.45. The van der Waals surface area contributed by atoms with E-state index in [4.69, 9.17) is 0 Å². The Labute approximate surface area is 169 Å². The first-order valence-corrected chi connectivity index (χ1v) is 9.45. The van der Waals surface area contributed by atoms with E-state index in [9.17, 15) is 22.8 Å². The number of amides is 2. The third-order valence-corrected chi connectivity index (χ3v) is 5.04. The maximum Gasteiger partial charge on any atom is 0.227 e. The molecule has 3 heterocycles. The summed E-state index contributed by atoms with van der Waals surface area (Å²) in [5.74, 6) is -5.00. The van der Waals surface area contributed by atoms with Gasteiger partial charge in [-0.1, -0.05) is 6.07 Å². The molecule has 1 N–H and O–H groups in total. The molecule has 1 aliphatic heterocycles. The number of benzene rings is 1. The third-order valence-electron chi connectivity index (χ3n) is 5.04. The molecule has 1 fully saturated rings. The van der Waals surface area contributed by atoms with Crippen molar-refractivity contribution in [3.63, 3.8) is 0 Å². The third kappa shape index (κ3) is 3.85. The highest BCUT2D eigenvalue weighted by Gasteiger charge is 2.35. The number of rotatable bonds is 6. The number of pyridine rings is 1. The standard InChI is InChI=1S/C20H18F3N5O2/c21-14-9-13(10-15(22)19(14)23)28-11-12(8-18(28)29)20(30)24-6-3-5-17-26-25-16-4-1-2-7-27(16)17/h1-2,4,7,9-10,12H,3,5-6,8,11H2,(H,24,30)/t12-/m0/s1. The largest absolute Gasteiger partial charge is 0.356 e. The van der Waals surface area contributed by atoms with Gasteiger partial charge in [-0.3, -0.25) is 14.0 Å². The van der Waals surface area contributed by atoms with Crippen molar-refractivity contribution in [1.29, 1.82) is 0 Å². The summed E-state index contributed by atoms with van der Waals surface area (Å²) in [6, 6.07) is 7.09. The fourth-order valence-electron chi connectivity index (χ4n) is 3.49. The zero-order valence-corrected chi connectivity index (χ0v) is 15.8. The van der Waals surface area contributed by atoms with Gasteiger partial charge in [-0.2, -0.15) is 0 Å². The lowest BCUT2D eigenvalue weighted by Gasteiger charge is -2.17. The van der Waals surface area contributed by atoms with Crippen LogP contribution in [0, 0.1) is 23.4 Å². The summed E-state index contributed by atoms with van der Waals surface area (Å²) in [6.07, 6.45) is 3.01. The van der Waals surface area contributed by atoms with Gasteiger partial charge in [0.1, 0.15) is 5.82 Å². The molecule has 1 aliphatic rings. The van der Waals surface area contributed by atoms with E-state index < -0.39 is 29.3 Å². The zero-order chi connectivity index (χ0) is 21.3. The van der Waals surface area contributed by atoms with Crippen LogP contribution in [0.15, 0.2) is 36.5 Å². The summed E-state index contributed by atoms with van der Waals surface area (Å²) in [5.41, 5.74) is 0.639. The first-order chi connectivity index (χ1) is 14.4. The molecule has 10 heteroatoms. The van der Waals surface area contributed by atoms with Crippen LogP contribution in [0.3, 0.4) is 0 Å². The van der Waals surface area contributed by atoms with Crippen molar-refractivity contribution >= 4 is 23.1 Å². The Hall–Kier alpha value is -3.43. The Morgan fingerprint density at radius 1 is 1.17 bits per heavy atom. The van der Waals surface area contributed by atoms with Gasteiger partial charge in [-0.25, -0.2) is 13.2 Å². The van der Waals surface area contributed by atoms with Crippen molar-refractivity contribution in [1.82, 2.24) is 19.9 Å². The second kappa shape index (κ2) is 8.13. The van der Waals surface area contributed by atoms with Crippen molar-refractivity contribution in [3.05, 3.63) is 59.8 Å².